The van der Waals surface area contributed by atoms with Crippen molar-refractivity contribution in [3.8, 4) is 0 Å². The maximum Gasteiger partial charge on any atom is 0.278 e. The Balaban J connectivity index is 2.14. The van der Waals surface area contributed by atoms with Gasteiger partial charge in [0, 0.05) is 6.20 Å². The number of aromatic nitrogens is 3. The predicted molar refractivity (Wildman–Crippen MR) is 106 cm³/mol. The molecule has 7 nitrogen and oxygen atoms in total. The number of anilines is 1. The van der Waals surface area contributed by atoms with Crippen molar-refractivity contribution < 1.29 is 13.0 Å². The summed E-state index contributed by atoms with van der Waals surface area (Å²) in [5.41, 5.74) is 6.80. The summed E-state index contributed by atoms with van der Waals surface area (Å²) in [6, 6.07) is 14.6. The van der Waals surface area contributed by atoms with Crippen molar-refractivity contribution in [1.82, 2.24) is 9.38 Å². The Hall–Kier alpha value is -3.26. The van der Waals surface area contributed by atoms with Crippen molar-refractivity contribution in [3.05, 3.63) is 71.1 Å². The summed E-state index contributed by atoms with van der Waals surface area (Å²) < 4.78 is 29.4. The van der Waals surface area contributed by atoms with Crippen LogP contribution < -0.4 is 15.9 Å². The monoisotopic (exact) mass is 395 g/mol. The fourth-order valence-corrected chi connectivity index (χ4v) is 4.69. The minimum atomic E-state index is -3.89. The van der Waals surface area contributed by atoms with Crippen LogP contribution in [0.25, 0.3) is 16.7 Å². The van der Waals surface area contributed by atoms with Crippen molar-refractivity contribution >= 4 is 32.3 Å². The summed E-state index contributed by atoms with van der Waals surface area (Å²) in [4.78, 5) is 17.6. The van der Waals surface area contributed by atoms with Gasteiger partial charge < -0.3 is 5.73 Å². The molecule has 1 aromatic carbocycles. The third-order valence-corrected chi connectivity index (χ3v) is 6.41. The standard InChI is InChI=1S/C20H18N4O3S/c1-2-11-24-18(21)16(28(26,27)14-8-4-3-5-9-14)13-15-19(24)22-17-10-6-7-12-23(17)20(15)25/h3-10,12-13,21H,2,11H2,1H3/p+1. The summed E-state index contributed by atoms with van der Waals surface area (Å²) in [6.45, 7) is 2.39. The first-order valence-electron chi connectivity index (χ1n) is 8.88. The van der Waals surface area contributed by atoms with E-state index in [1.165, 1.54) is 22.6 Å². The molecule has 2 N–H and O–H groups in total. The highest BCUT2D eigenvalue weighted by Crippen LogP contribution is 2.26. The summed E-state index contributed by atoms with van der Waals surface area (Å²) in [7, 11) is -3.89. The maximum atomic E-state index is 13.2. The Morgan fingerprint density at radius 3 is 2.54 bits per heavy atom. The van der Waals surface area contributed by atoms with Crippen LogP contribution in [0.3, 0.4) is 0 Å². The van der Waals surface area contributed by atoms with Crippen LogP contribution in [0.1, 0.15) is 13.3 Å². The summed E-state index contributed by atoms with van der Waals surface area (Å²) in [6.07, 6.45) is 2.31. The van der Waals surface area contributed by atoms with E-state index in [0.29, 0.717) is 24.3 Å². The molecule has 4 rings (SSSR count). The van der Waals surface area contributed by atoms with E-state index in [9.17, 15) is 13.2 Å². The van der Waals surface area contributed by atoms with Crippen LogP contribution in [0.15, 0.2) is 75.4 Å². The smallest absolute Gasteiger partial charge is 0.278 e. The first kappa shape index (κ1) is 18.1. The minimum absolute atomic E-state index is 0.0744. The molecule has 0 saturated carbocycles. The molecule has 0 bridgehead atoms. The third kappa shape index (κ3) is 2.73. The van der Waals surface area contributed by atoms with Gasteiger partial charge in [-0.15, -0.1) is 0 Å². The van der Waals surface area contributed by atoms with E-state index in [1.807, 2.05) is 6.92 Å². The third-order valence-electron chi connectivity index (χ3n) is 4.61. The van der Waals surface area contributed by atoms with Gasteiger partial charge in [-0.3, -0.25) is 9.20 Å². The van der Waals surface area contributed by atoms with E-state index in [2.05, 4.69) is 4.98 Å². The van der Waals surface area contributed by atoms with Crippen molar-refractivity contribution in [2.75, 3.05) is 5.73 Å². The Morgan fingerprint density at radius 2 is 1.82 bits per heavy atom. The lowest BCUT2D eigenvalue weighted by molar-refractivity contribution is -0.660. The lowest BCUT2D eigenvalue weighted by atomic mass is 10.3. The molecule has 28 heavy (non-hydrogen) atoms. The van der Waals surface area contributed by atoms with Crippen molar-refractivity contribution in [2.24, 2.45) is 0 Å². The zero-order valence-electron chi connectivity index (χ0n) is 15.2. The highest BCUT2D eigenvalue weighted by molar-refractivity contribution is 7.91. The predicted octanol–water partition coefficient (Wildman–Crippen LogP) is 1.96. The van der Waals surface area contributed by atoms with Crippen LogP contribution in [0.2, 0.25) is 0 Å². The molecule has 3 heterocycles. The van der Waals surface area contributed by atoms with Gasteiger partial charge in [-0.2, -0.15) is 0 Å². The van der Waals surface area contributed by atoms with Gasteiger partial charge in [0.15, 0.2) is 0 Å². The number of rotatable bonds is 4. The van der Waals surface area contributed by atoms with Crippen LogP contribution in [0, 0.1) is 0 Å². The molecule has 0 aliphatic rings. The highest BCUT2D eigenvalue weighted by atomic mass is 32.2. The number of fused-ring (bicyclic) bond motifs is 2. The number of nitrogen functional groups attached to an aromatic ring is 1. The number of nitrogens with zero attached hydrogens (tertiary/aromatic N) is 3. The van der Waals surface area contributed by atoms with E-state index in [0.717, 1.165) is 0 Å². The van der Waals surface area contributed by atoms with Gasteiger partial charge in [0.05, 0.1) is 11.4 Å². The summed E-state index contributed by atoms with van der Waals surface area (Å²) in [5, 5.41) is 0.209. The number of nitrogens with two attached hydrogens (primary N) is 1. The van der Waals surface area contributed by atoms with Gasteiger partial charge in [-0.1, -0.05) is 36.2 Å². The number of benzene rings is 1. The molecule has 0 unspecified atom stereocenters. The Morgan fingerprint density at radius 1 is 1.11 bits per heavy atom. The van der Waals surface area contributed by atoms with E-state index in [4.69, 9.17) is 5.73 Å². The van der Waals surface area contributed by atoms with E-state index >= 15 is 0 Å². The lowest BCUT2D eigenvalue weighted by Crippen LogP contribution is -2.41. The zero-order valence-corrected chi connectivity index (χ0v) is 16.1. The van der Waals surface area contributed by atoms with Gasteiger partial charge in [0.2, 0.25) is 21.3 Å². The van der Waals surface area contributed by atoms with E-state index < -0.39 is 9.84 Å². The second-order valence-electron chi connectivity index (χ2n) is 6.45. The van der Waals surface area contributed by atoms with Crippen LogP contribution in [-0.2, 0) is 16.4 Å². The van der Waals surface area contributed by atoms with Crippen LogP contribution >= 0.6 is 0 Å². The Bertz CT molecular complexity index is 1360. The molecule has 0 aliphatic carbocycles. The van der Waals surface area contributed by atoms with E-state index in [1.54, 1.807) is 47.2 Å². The second kappa shape index (κ2) is 6.72. The normalized spacial score (nSPS) is 11.9. The molecule has 0 atom stereocenters. The minimum Gasteiger partial charge on any atom is -0.317 e. The van der Waals surface area contributed by atoms with Crippen LogP contribution in [0.5, 0.6) is 0 Å². The van der Waals surface area contributed by atoms with Gasteiger partial charge in [-0.05, 0) is 36.8 Å². The second-order valence-corrected chi connectivity index (χ2v) is 8.36. The quantitative estimate of drug-likeness (QED) is 0.421. The molecule has 142 valence electrons. The van der Waals surface area contributed by atoms with Gasteiger partial charge >= 0.3 is 0 Å². The molecular weight excluding hydrogens is 376 g/mol. The number of sulfone groups is 1. The van der Waals surface area contributed by atoms with Crippen molar-refractivity contribution in [3.63, 3.8) is 0 Å². The molecule has 0 radical (unpaired) electrons. The van der Waals surface area contributed by atoms with E-state index in [-0.39, 0.29) is 26.6 Å². The number of hydrogen-bond donors (Lipinski definition) is 1. The maximum absolute atomic E-state index is 13.2. The van der Waals surface area contributed by atoms with Crippen molar-refractivity contribution in [2.45, 2.75) is 29.7 Å². The SMILES string of the molecule is CCC[n+]1c(N)c(S(=O)(=O)c2ccccc2)cc2c(=O)n3ccccc3nc21. The molecule has 0 fully saturated rings. The van der Waals surface area contributed by atoms with Gasteiger partial charge in [0.1, 0.15) is 10.3 Å². The lowest BCUT2D eigenvalue weighted by Gasteiger charge is -2.12. The highest BCUT2D eigenvalue weighted by Gasteiger charge is 2.28. The van der Waals surface area contributed by atoms with Crippen molar-refractivity contribution in [1.29, 1.82) is 0 Å². The topological polar surface area (TPSA) is 98.4 Å². The first-order valence-corrected chi connectivity index (χ1v) is 10.4. The Kier molecular flexibility index (Phi) is 4.35. The molecule has 4 aromatic rings. The molecule has 0 aliphatic heterocycles. The summed E-state index contributed by atoms with van der Waals surface area (Å²) >= 11 is 0. The average molecular weight is 395 g/mol. The number of aryl methyl sites for hydroxylation is 1. The van der Waals surface area contributed by atoms with Crippen LogP contribution in [-0.4, -0.2) is 17.8 Å². The number of hydrogen-bond acceptors (Lipinski definition) is 5. The fourth-order valence-electron chi connectivity index (χ4n) is 3.27. The molecule has 0 amide bonds. The first-order chi connectivity index (χ1) is 13.4. The molecule has 0 saturated heterocycles. The zero-order chi connectivity index (χ0) is 19.9. The van der Waals surface area contributed by atoms with Gasteiger partial charge in [0.25, 0.3) is 11.2 Å². The molecule has 8 heteroatoms. The molecule has 3 aromatic heterocycles. The molecular formula is C20H19N4O3S+. The average Bonchev–Trinajstić information content (AvgIpc) is 2.71. The number of pyridine rings is 2. The van der Waals surface area contributed by atoms with Crippen LogP contribution in [0.4, 0.5) is 5.82 Å². The fraction of sp³-hybridized carbons (Fsp3) is 0.150. The Labute approximate surface area is 161 Å². The molecule has 0 spiro atoms. The van der Waals surface area contributed by atoms with Gasteiger partial charge in [-0.25, -0.2) is 13.0 Å². The largest absolute Gasteiger partial charge is 0.317 e. The summed E-state index contributed by atoms with van der Waals surface area (Å²) in [5.74, 6) is 0.0744.